The molecule has 2 amide bonds. The Bertz CT molecular complexity index is 1610. The summed E-state index contributed by atoms with van der Waals surface area (Å²) in [6, 6.07) is 6.28. The van der Waals surface area contributed by atoms with Gasteiger partial charge in [-0.2, -0.15) is 4.98 Å². The average Bonchev–Trinajstić information content (AvgIpc) is 3.33. The van der Waals surface area contributed by atoms with E-state index in [4.69, 9.17) is 4.74 Å². The van der Waals surface area contributed by atoms with E-state index in [1.165, 1.54) is 40.4 Å². The fourth-order valence-electron chi connectivity index (χ4n) is 3.57. The number of unbranched alkanes of at least 4 members (excludes halogenated alkanes) is 1. The van der Waals surface area contributed by atoms with E-state index >= 15 is 0 Å². The zero-order chi connectivity index (χ0) is 28.6. The van der Waals surface area contributed by atoms with Crippen molar-refractivity contribution in [3.63, 3.8) is 0 Å². The highest BCUT2D eigenvalue weighted by Crippen LogP contribution is 2.21. The first-order valence-electron chi connectivity index (χ1n) is 12.2. The number of hydrogen-bond acceptors (Lipinski definition) is 7. The van der Waals surface area contributed by atoms with Crippen LogP contribution in [0.1, 0.15) is 24.2 Å². The standard InChI is InChI=1S/C27H26F2N7O4/c1-35(2)23(38)9-5-3-4-8-22(37)32-20-7-6-12-36(27(20)39)14-21-33-24-25(34-21)30-16-31-26(24)40-15-17-10-11-18(28)13-19(17)29/h5-13,16H,3-4,14-15H2,1-2H3,(H,32,37)(H,30,31,33,34)/b9-5+. The third-order valence-electron chi connectivity index (χ3n) is 5.64. The lowest BCUT2D eigenvalue weighted by atomic mass is 10.2. The molecule has 3 aromatic heterocycles. The van der Waals surface area contributed by atoms with Crippen LogP contribution in [0.15, 0.2) is 59.8 Å². The molecule has 11 nitrogen and oxygen atoms in total. The number of anilines is 1. The molecule has 207 valence electrons. The molecule has 0 aliphatic heterocycles. The second kappa shape index (κ2) is 12.7. The van der Waals surface area contributed by atoms with Crippen molar-refractivity contribution in [3.05, 3.63) is 94.8 Å². The van der Waals surface area contributed by atoms with Gasteiger partial charge in [0.1, 0.15) is 36.1 Å². The molecule has 0 saturated heterocycles. The number of rotatable bonds is 11. The Morgan fingerprint density at radius 3 is 2.77 bits per heavy atom. The molecule has 3 heterocycles. The van der Waals surface area contributed by atoms with Gasteiger partial charge >= 0.3 is 0 Å². The van der Waals surface area contributed by atoms with E-state index in [1.54, 1.807) is 32.4 Å². The number of imidazole rings is 1. The number of amides is 2. The number of pyridine rings is 1. The van der Waals surface area contributed by atoms with Crippen molar-refractivity contribution in [2.45, 2.75) is 26.0 Å². The maximum Gasteiger partial charge on any atom is 0.274 e. The number of aromatic nitrogens is 5. The van der Waals surface area contributed by atoms with Crippen molar-refractivity contribution in [3.8, 4) is 5.88 Å². The highest BCUT2D eigenvalue weighted by atomic mass is 19.1. The predicted molar refractivity (Wildman–Crippen MR) is 142 cm³/mol. The van der Waals surface area contributed by atoms with E-state index in [2.05, 4.69) is 25.3 Å². The van der Waals surface area contributed by atoms with E-state index in [-0.39, 0.29) is 41.7 Å². The number of allylic oxidation sites excluding steroid dienone is 1. The fourth-order valence-corrected chi connectivity index (χ4v) is 3.57. The monoisotopic (exact) mass is 550 g/mol. The molecular formula is C27H26F2N7O4. The largest absolute Gasteiger partial charge is 0.471 e. The van der Waals surface area contributed by atoms with Crippen molar-refractivity contribution in [2.24, 2.45) is 0 Å². The van der Waals surface area contributed by atoms with Gasteiger partial charge in [0.15, 0.2) is 11.2 Å². The summed E-state index contributed by atoms with van der Waals surface area (Å²) in [7, 11) is 3.29. The average molecular weight is 551 g/mol. The van der Waals surface area contributed by atoms with Crippen molar-refractivity contribution in [2.75, 3.05) is 19.4 Å². The topological polar surface area (TPSA) is 135 Å². The van der Waals surface area contributed by atoms with Crippen molar-refractivity contribution in [1.82, 2.24) is 29.4 Å². The van der Waals surface area contributed by atoms with Crippen LogP contribution in [0.3, 0.4) is 0 Å². The van der Waals surface area contributed by atoms with Gasteiger partial charge in [-0.25, -0.2) is 18.7 Å². The van der Waals surface area contributed by atoms with Crippen LogP contribution < -0.4 is 15.6 Å². The fraction of sp³-hybridized carbons (Fsp3) is 0.222. The quantitative estimate of drug-likeness (QED) is 0.217. The van der Waals surface area contributed by atoms with Gasteiger partial charge in [0, 0.05) is 31.9 Å². The summed E-state index contributed by atoms with van der Waals surface area (Å²) in [4.78, 5) is 53.8. The van der Waals surface area contributed by atoms with Crippen LogP contribution >= 0.6 is 0 Å². The minimum absolute atomic E-state index is 0.0271. The number of hydrogen-bond donors (Lipinski definition) is 2. The first-order valence-corrected chi connectivity index (χ1v) is 12.2. The highest BCUT2D eigenvalue weighted by molar-refractivity contribution is 5.96. The summed E-state index contributed by atoms with van der Waals surface area (Å²) < 4.78 is 34.1. The lowest BCUT2D eigenvalue weighted by Gasteiger charge is -2.08. The molecule has 0 spiro atoms. The first-order chi connectivity index (χ1) is 19.2. The molecule has 2 N–H and O–H groups in total. The van der Waals surface area contributed by atoms with Crippen LogP contribution in [-0.4, -0.2) is 55.3 Å². The van der Waals surface area contributed by atoms with Gasteiger partial charge in [-0.05, 0) is 43.2 Å². The Morgan fingerprint density at radius 2 is 2.00 bits per heavy atom. The number of halogens is 2. The van der Waals surface area contributed by atoms with Gasteiger partial charge < -0.3 is 24.5 Å². The van der Waals surface area contributed by atoms with E-state index < -0.39 is 23.1 Å². The van der Waals surface area contributed by atoms with Crippen molar-refractivity contribution >= 4 is 28.7 Å². The second-order valence-corrected chi connectivity index (χ2v) is 8.84. The molecule has 0 bridgehead atoms. The molecule has 1 radical (unpaired) electrons. The lowest BCUT2D eigenvalue weighted by molar-refractivity contribution is -0.123. The Kier molecular flexibility index (Phi) is 8.94. The number of H-pyrrole nitrogens is 1. The smallest absolute Gasteiger partial charge is 0.274 e. The molecule has 4 aromatic rings. The normalized spacial score (nSPS) is 11.2. The number of likely N-dealkylation sites (N-methyl/N-ethyl adjacent to an activating group) is 1. The number of nitrogens with zero attached hydrogens (tertiary/aromatic N) is 5. The number of nitrogens with one attached hydrogen (secondary N) is 2. The third kappa shape index (κ3) is 7.12. The van der Waals surface area contributed by atoms with Gasteiger partial charge in [-0.15, -0.1) is 0 Å². The summed E-state index contributed by atoms with van der Waals surface area (Å²) in [5, 5.41) is 2.58. The number of fused-ring (bicyclic) bond motifs is 1. The number of benzene rings is 1. The zero-order valence-corrected chi connectivity index (χ0v) is 21.7. The Hall–Kier alpha value is -4.94. The molecule has 0 aliphatic rings. The molecule has 1 aromatic carbocycles. The first kappa shape index (κ1) is 28.1. The van der Waals surface area contributed by atoms with E-state index in [0.29, 0.717) is 24.3 Å². The van der Waals surface area contributed by atoms with Crippen LogP contribution in [0.4, 0.5) is 14.5 Å². The molecule has 0 unspecified atom stereocenters. The molecule has 13 heteroatoms. The van der Waals surface area contributed by atoms with Crippen LogP contribution in [0, 0.1) is 18.1 Å². The molecule has 40 heavy (non-hydrogen) atoms. The number of carbonyl (C=O) groups is 2. The summed E-state index contributed by atoms with van der Waals surface area (Å²) >= 11 is 0. The number of carbonyl (C=O) groups excluding carboxylic acids is 2. The molecule has 0 aliphatic carbocycles. The minimum atomic E-state index is -0.745. The van der Waals surface area contributed by atoms with Gasteiger partial charge in [-0.3, -0.25) is 14.4 Å². The number of ether oxygens (including phenoxy) is 1. The van der Waals surface area contributed by atoms with E-state index in [1.807, 2.05) is 0 Å². The van der Waals surface area contributed by atoms with Crippen molar-refractivity contribution < 1.29 is 23.1 Å². The molecule has 4 rings (SSSR count). The maximum atomic E-state index is 14.0. The van der Waals surface area contributed by atoms with Crippen LogP contribution in [0.2, 0.25) is 0 Å². The van der Waals surface area contributed by atoms with E-state index in [0.717, 1.165) is 12.1 Å². The minimum Gasteiger partial charge on any atom is -0.471 e. The highest BCUT2D eigenvalue weighted by Gasteiger charge is 2.14. The summed E-state index contributed by atoms with van der Waals surface area (Å²) in [5.41, 5.74) is 0.391. The third-order valence-corrected chi connectivity index (χ3v) is 5.64. The molecule has 0 fully saturated rings. The van der Waals surface area contributed by atoms with Gasteiger partial charge in [0.2, 0.25) is 17.7 Å². The zero-order valence-electron chi connectivity index (χ0n) is 21.7. The molecular weight excluding hydrogens is 524 g/mol. The molecule has 0 atom stereocenters. The Balaban J connectivity index is 1.39. The van der Waals surface area contributed by atoms with Gasteiger partial charge in [0.05, 0.1) is 13.0 Å². The molecule has 0 saturated carbocycles. The van der Waals surface area contributed by atoms with Crippen molar-refractivity contribution in [1.29, 1.82) is 0 Å². The maximum absolute atomic E-state index is 14.0. The van der Waals surface area contributed by atoms with E-state index in [9.17, 15) is 23.2 Å². The van der Waals surface area contributed by atoms with Crippen LogP contribution in [0.25, 0.3) is 11.2 Å². The van der Waals surface area contributed by atoms with Gasteiger partial charge in [-0.1, -0.05) is 6.08 Å². The lowest BCUT2D eigenvalue weighted by Crippen LogP contribution is -2.26. The van der Waals surface area contributed by atoms with Crippen LogP contribution in [-0.2, 0) is 22.7 Å². The summed E-state index contributed by atoms with van der Waals surface area (Å²) in [6.45, 7) is -0.178. The van der Waals surface area contributed by atoms with Crippen LogP contribution in [0.5, 0.6) is 5.88 Å². The Labute approximate surface area is 227 Å². The van der Waals surface area contributed by atoms with Gasteiger partial charge in [0.25, 0.3) is 5.56 Å². The predicted octanol–water partition coefficient (Wildman–Crippen LogP) is 2.99. The second-order valence-electron chi connectivity index (χ2n) is 8.84. The SMILES string of the molecule is CN(C)C(=O)/C=C/CC[CH]C(=O)Nc1cccn(Cc2nc3c(OCc4ccc(F)cc4F)ncnc3[nH]2)c1=O. The number of aromatic amines is 1. The Morgan fingerprint density at radius 1 is 1.18 bits per heavy atom. The summed E-state index contributed by atoms with van der Waals surface area (Å²) in [6.07, 6.45) is 8.19. The summed E-state index contributed by atoms with van der Waals surface area (Å²) in [5.74, 6) is -1.58.